The molecule has 1 aliphatic carbocycles. The van der Waals surface area contributed by atoms with Crippen LogP contribution >= 0.6 is 15.9 Å². The van der Waals surface area contributed by atoms with E-state index in [9.17, 15) is 4.79 Å². The van der Waals surface area contributed by atoms with Crippen molar-refractivity contribution in [1.82, 2.24) is 9.88 Å². The van der Waals surface area contributed by atoms with Crippen LogP contribution in [0.2, 0.25) is 0 Å². The number of nitrogens with zero attached hydrogens (tertiary/aromatic N) is 2. The Morgan fingerprint density at radius 3 is 2.63 bits per heavy atom. The summed E-state index contributed by atoms with van der Waals surface area (Å²) >= 11 is 3.46. The molecule has 1 saturated carbocycles. The van der Waals surface area contributed by atoms with Crippen LogP contribution in [0.1, 0.15) is 47.4 Å². The molecule has 104 valence electrons. The number of carbonyl (C=O) groups is 1. The van der Waals surface area contributed by atoms with E-state index >= 15 is 0 Å². The van der Waals surface area contributed by atoms with Crippen LogP contribution < -0.4 is 0 Å². The molecule has 1 aromatic heterocycles. The Bertz CT molecular complexity index is 455. The van der Waals surface area contributed by atoms with Crippen molar-refractivity contribution in [3.05, 3.63) is 29.1 Å². The fourth-order valence-electron chi connectivity index (χ4n) is 2.82. The molecule has 0 unspecified atom stereocenters. The van der Waals surface area contributed by atoms with E-state index in [1.165, 1.54) is 12.8 Å². The predicted molar refractivity (Wildman–Crippen MR) is 80.8 cm³/mol. The Hall–Kier alpha value is -0.900. The lowest BCUT2D eigenvalue weighted by Gasteiger charge is -2.29. The second-order valence-electron chi connectivity index (χ2n) is 5.21. The molecule has 1 aromatic rings. The third-order valence-electron chi connectivity index (χ3n) is 3.81. The Balaban J connectivity index is 2.22. The highest BCUT2D eigenvalue weighted by Gasteiger charge is 2.27. The topological polar surface area (TPSA) is 33.2 Å². The molecule has 1 heterocycles. The van der Waals surface area contributed by atoms with E-state index in [4.69, 9.17) is 0 Å². The zero-order valence-corrected chi connectivity index (χ0v) is 13.2. The average molecular weight is 325 g/mol. The molecule has 3 nitrogen and oxygen atoms in total. The maximum atomic E-state index is 12.7. The first-order valence-corrected chi connectivity index (χ1v) is 8.07. The van der Waals surface area contributed by atoms with Crippen LogP contribution in [0.3, 0.4) is 0 Å². The lowest BCUT2D eigenvalue weighted by molar-refractivity contribution is 0.0695. The van der Waals surface area contributed by atoms with Crippen molar-refractivity contribution in [1.29, 1.82) is 0 Å². The van der Waals surface area contributed by atoms with Gasteiger partial charge in [0.2, 0.25) is 0 Å². The molecule has 4 heteroatoms. The van der Waals surface area contributed by atoms with Crippen LogP contribution in [0.15, 0.2) is 12.1 Å². The van der Waals surface area contributed by atoms with Gasteiger partial charge in [-0.25, -0.2) is 0 Å². The maximum Gasteiger partial charge on any atom is 0.255 e. The standard InChI is InChI=1S/C15H21BrN2O/c1-11-7-8-14(12(2)17-11)15(19)18(10-9-16)13-5-3-4-6-13/h7-8,13H,3-6,9-10H2,1-2H3. The quantitative estimate of drug-likeness (QED) is 0.794. The minimum atomic E-state index is 0.136. The highest BCUT2D eigenvalue weighted by atomic mass is 79.9. The van der Waals surface area contributed by atoms with Gasteiger partial charge < -0.3 is 4.90 Å². The van der Waals surface area contributed by atoms with Crippen molar-refractivity contribution in [3.63, 3.8) is 0 Å². The van der Waals surface area contributed by atoms with E-state index in [1.807, 2.05) is 30.9 Å². The van der Waals surface area contributed by atoms with E-state index in [-0.39, 0.29) is 5.91 Å². The second kappa shape index (κ2) is 6.51. The normalized spacial score (nSPS) is 15.7. The highest BCUT2D eigenvalue weighted by molar-refractivity contribution is 9.09. The van der Waals surface area contributed by atoms with Crippen LogP contribution in [0.25, 0.3) is 0 Å². The summed E-state index contributed by atoms with van der Waals surface area (Å²) in [7, 11) is 0. The summed E-state index contributed by atoms with van der Waals surface area (Å²) in [6, 6.07) is 4.24. The molecule has 0 radical (unpaired) electrons. The summed E-state index contributed by atoms with van der Waals surface area (Å²) in [5.41, 5.74) is 2.54. The number of carbonyl (C=O) groups excluding carboxylic acids is 1. The van der Waals surface area contributed by atoms with Gasteiger partial charge in [-0.2, -0.15) is 0 Å². The summed E-state index contributed by atoms with van der Waals surface area (Å²) in [5.74, 6) is 0.136. The van der Waals surface area contributed by atoms with Gasteiger partial charge in [0.25, 0.3) is 5.91 Å². The number of alkyl halides is 1. The Kier molecular flexibility index (Phi) is 4.97. The first-order chi connectivity index (χ1) is 9.13. The zero-order valence-electron chi connectivity index (χ0n) is 11.7. The number of hydrogen-bond acceptors (Lipinski definition) is 2. The van der Waals surface area contributed by atoms with Crippen LogP contribution in [0.5, 0.6) is 0 Å². The first-order valence-electron chi connectivity index (χ1n) is 6.94. The summed E-state index contributed by atoms with van der Waals surface area (Å²) in [5, 5.41) is 0.827. The van der Waals surface area contributed by atoms with Crippen molar-refractivity contribution >= 4 is 21.8 Å². The first kappa shape index (κ1) is 14.5. The molecule has 0 spiro atoms. The highest BCUT2D eigenvalue weighted by Crippen LogP contribution is 2.25. The SMILES string of the molecule is Cc1ccc(C(=O)N(CCBr)C2CCCC2)c(C)n1. The minimum absolute atomic E-state index is 0.136. The minimum Gasteiger partial charge on any atom is -0.335 e. The molecule has 19 heavy (non-hydrogen) atoms. The predicted octanol–water partition coefficient (Wildman–Crippen LogP) is 3.48. The van der Waals surface area contributed by atoms with Gasteiger partial charge in [-0.1, -0.05) is 28.8 Å². The van der Waals surface area contributed by atoms with E-state index < -0.39 is 0 Å². The summed E-state index contributed by atoms with van der Waals surface area (Å²) in [4.78, 5) is 19.2. The van der Waals surface area contributed by atoms with Gasteiger partial charge in [0.05, 0.1) is 11.3 Å². The number of amides is 1. The maximum absolute atomic E-state index is 12.7. The van der Waals surface area contributed by atoms with E-state index in [2.05, 4.69) is 20.9 Å². The summed E-state index contributed by atoms with van der Waals surface area (Å²) < 4.78 is 0. The smallest absolute Gasteiger partial charge is 0.255 e. The number of rotatable bonds is 4. The van der Waals surface area contributed by atoms with Crippen molar-refractivity contribution in [2.45, 2.75) is 45.6 Å². The Labute approximate surface area is 123 Å². The van der Waals surface area contributed by atoms with Crippen molar-refractivity contribution < 1.29 is 4.79 Å². The number of halogens is 1. The van der Waals surface area contributed by atoms with Crippen molar-refractivity contribution in [2.75, 3.05) is 11.9 Å². The Morgan fingerprint density at radius 2 is 2.05 bits per heavy atom. The van der Waals surface area contributed by atoms with Crippen LogP contribution in [0.4, 0.5) is 0 Å². The molecule has 0 aliphatic heterocycles. The summed E-state index contributed by atoms with van der Waals surface area (Å²) in [6.07, 6.45) is 4.75. The van der Waals surface area contributed by atoms with Gasteiger partial charge >= 0.3 is 0 Å². The van der Waals surface area contributed by atoms with Gasteiger partial charge in [-0.05, 0) is 38.8 Å². The van der Waals surface area contributed by atoms with E-state index in [0.717, 1.165) is 41.7 Å². The number of aryl methyl sites for hydroxylation is 2. The number of aromatic nitrogens is 1. The van der Waals surface area contributed by atoms with Gasteiger partial charge in [0.1, 0.15) is 0 Å². The van der Waals surface area contributed by atoms with Crippen molar-refractivity contribution in [3.8, 4) is 0 Å². The molecular formula is C15H21BrN2O. The van der Waals surface area contributed by atoms with Gasteiger partial charge in [0.15, 0.2) is 0 Å². The molecule has 1 aliphatic rings. The third kappa shape index (κ3) is 3.35. The lowest BCUT2D eigenvalue weighted by Crippen LogP contribution is -2.40. The zero-order chi connectivity index (χ0) is 13.8. The fraction of sp³-hybridized carbons (Fsp3) is 0.600. The van der Waals surface area contributed by atoms with Gasteiger partial charge in [-0.15, -0.1) is 0 Å². The van der Waals surface area contributed by atoms with Crippen LogP contribution in [0, 0.1) is 13.8 Å². The van der Waals surface area contributed by atoms with E-state index in [1.54, 1.807) is 0 Å². The summed E-state index contributed by atoms with van der Waals surface area (Å²) in [6.45, 7) is 4.65. The van der Waals surface area contributed by atoms with E-state index in [0.29, 0.717) is 6.04 Å². The molecule has 0 saturated heterocycles. The number of hydrogen-bond donors (Lipinski definition) is 0. The molecule has 0 aromatic carbocycles. The monoisotopic (exact) mass is 324 g/mol. The largest absolute Gasteiger partial charge is 0.335 e. The molecule has 1 amide bonds. The average Bonchev–Trinajstić information content (AvgIpc) is 2.89. The molecular weight excluding hydrogens is 304 g/mol. The molecule has 2 rings (SSSR count). The van der Waals surface area contributed by atoms with Crippen LogP contribution in [-0.4, -0.2) is 33.7 Å². The van der Waals surface area contributed by atoms with Crippen LogP contribution in [-0.2, 0) is 0 Å². The Morgan fingerprint density at radius 1 is 1.37 bits per heavy atom. The molecule has 0 bridgehead atoms. The molecule has 0 N–H and O–H groups in total. The van der Waals surface area contributed by atoms with Crippen molar-refractivity contribution in [2.24, 2.45) is 0 Å². The third-order valence-corrected chi connectivity index (χ3v) is 4.16. The fourth-order valence-corrected chi connectivity index (χ4v) is 3.21. The van der Waals surface area contributed by atoms with Gasteiger partial charge in [0, 0.05) is 23.6 Å². The molecule has 0 atom stereocenters. The lowest BCUT2D eigenvalue weighted by atomic mass is 10.1. The number of pyridine rings is 1. The second-order valence-corrected chi connectivity index (χ2v) is 6.00. The van der Waals surface area contributed by atoms with Gasteiger partial charge in [-0.3, -0.25) is 9.78 Å². The molecule has 1 fully saturated rings.